The Morgan fingerprint density at radius 2 is 1.17 bits per heavy atom. The van der Waals surface area contributed by atoms with E-state index in [1.807, 2.05) is 17.4 Å². The van der Waals surface area contributed by atoms with E-state index >= 15 is 0 Å². The average molecular weight is 702 g/mol. The molecular weight excluding hydrogens is 663 g/mol. The molecule has 0 N–H and O–H groups in total. The number of hydrogen-bond acceptors (Lipinski definition) is 2. The molecule has 0 bridgehead atoms. The lowest BCUT2D eigenvalue weighted by Crippen LogP contribution is -2.02. The van der Waals surface area contributed by atoms with Gasteiger partial charge in [-0.15, -0.1) is 24.5 Å². The number of aliphatic imine (C=N–C) groups is 2. The number of benzene rings is 8. The first kappa shape index (κ1) is 33.8. The summed E-state index contributed by atoms with van der Waals surface area (Å²) in [5.74, 6) is 0.651. The molecule has 0 spiro atoms. The summed E-state index contributed by atoms with van der Waals surface area (Å²) in [6.45, 7) is 12.5. The van der Waals surface area contributed by atoms with Crippen LogP contribution >= 0.6 is 11.3 Å². The quantitative estimate of drug-likeness (QED) is 0.0757. The monoisotopic (exact) mass is 701 g/mol. The van der Waals surface area contributed by atoms with E-state index in [9.17, 15) is 0 Å². The van der Waals surface area contributed by atoms with Crippen LogP contribution in [0.4, 0.5) is 0 Å². The van der Waals surface area contributed by atoms with Crippen LogP contribution in [-0.2, 0) is 13.1 Å². The van der Waals surface area contributed by atoms with Crippen molar-refractivity contribution >= 4 is 98.2 Å². The van der Waals surface area contributed by atoms with Crippen LogP contribution in [0.1, 0.15) is 18.1 Å². The van der Waals surface area contributed by atoms with Crippen molar-refractivity contribution in [1.29, 1.82) is 0 Å². The van der Waals surface area contributed by atoms with E-state index in [0.717, 1.165) is 12.0 Å². The van der Waals surface area contributed by atoms with Gasteiger partial charge in [-0.25, -0.2) is 9.98 Å². The predicted octanol–water partition coefficient (Wildman–Crippen LogP) is 13.8. The molecule has 2 aromatic heterocycles. The molecule has 0 radical (unpaired) electrons. The molecule has 0 saturated carbocycles. The lowest BCUT2D eigenvalue weighted by Gasteiger charge is -2.11. The fraction of sp³-hybridized carbons (Fsp3) is 0.0612. The largest absolute Gasteiger partial charge is 0.320 e. The van der Waals surface area contributed by atoms with Crippen molar-refractivity contribution < 1.29 is 0 Å². The van der Waals surface area contributed by atoms with Crippen molar-refractivity contribution in [3.63, 3.8) is 0 Å². The first-order valence-corrected chi connectivity index (χ1v) is 18.7. The van der Waals surface area contributed by atoms with E-state index in [0.29, 0.717) is 12.5 Å². The van der Waals surface area contributed by atoms with Crippen LogP contribution in [0.25, 0.3) is 74.3 Å². The summed E-state index contributed by atoms with van der Waals surface area (Å²) in [5, 5.41) is 12.5. The summed E-state index contributed by atoms with van der Waals surface area (Å²) in [6.07, 6.45) is 1.14. The first-order valence-electron chi connectivity index (χ1n) is 17.9. The van der Waals surface area contributed by atoms with Gasteiger partial charge in [0.1, 0.15) is 6.67 Å². The Bertz CT molecular complexity index is 2970. The Hall–Kier alpha value is -6.36. The van der Waals surface area contributed by atoms with E-state index in [-0.39, 0.29) is 0 Å². The maximum absolute atomic E-state index is 5.15. The molecule has 10 rings (SSSR count). The van der Waals surface area contributed by atoms with Gasteiger partial charge in [-0.05, 0) is 76.0 Å². The number of aromatic nitrogens is 1. The minimum absolute atomic E-state index is 0.428. The van der Waals surface area contributed by atoms with Crippen LogP contribution in [-0.4, -0.2) is 17.1 Å². The Balaban J connectivity index is 0.000000353. The minimum atomic E-state index is 0.428. The SMILES string of the molecule is C=C.C=N/C(=N\Cn1c2ccc3ccccc3c2c2c3ccccc3c3ccccc3c21)c1ccc2sc3ccccc3c2c1.CCc1ccccc1. The summed E-state index contributed by atoms with van der Waals surface area (Å²) in [7, 11) is 0. The van der Waals surface area contributed by atoms with Gasteiger partial charge in [-0.2, -0.15) is 0 Å². The highest BCUT2D eigenvalue weighted by atomic mass is 32.1. The van der Waals surface area contributed by atoms with Crippen LogP contribution in [0.3, 0.4) is 0 Å². The molecule has 0 aliphatic rings. The van der Waals surface area contributed by atoms with Crippen LogP contribution in [0.15, 0.2) is 181 Å². The van der Waals surface area contributed by atoms with Crippen LogP contribution in [0.5, 0.6) is 0 Å². The van der Waals surface area contributed by atoms with E-state index in [1.54, 1.807) is 0 Å². The molecule has 4 heteroatoms. The van der Waals surface area contributed by atoms with Gasteiger partial charge < -0.3 is 4.57 Å². The zero-order chi connectivity index (χ0) is 36.3. The van der Waals surface area contributed by atoms with Gasteiger partial charge >= 0.3 is 0 Å². The molecule has 0 fully saturated rings. The summed E-state index contributed by atoms with van der Waals surface area (Å²) in [4.78, 5) is 9.59. The Morgan fingerprint density at radius 1 is 0.566 bits per heavy atom. The average Bonchev–Trinajstić information content (AvgIpc) is 3.78. The molecule has 0 saturated heterocycles. The number of fused-ring (bicyclic) bond motifs is 13. The molecule has 0 atom stereocenters. The molecular formula is C49H39N3S. The number of nitrogens with zero attached hydrogens (tertiary/aromatic N) is 3. The van der Waals surface area contributed by atoms with Gasteiger partial charge in [0.05, 0.1) is 11.0 Å². The standard InChI is InChI=1S/C39H25N3S.C8H10.C2H4/c1-40-39(25-19-21-35-32(22-25)29-14-8-9-17-34(29)43-35)41-23-42-33-20-18-24-10-2-3-11-26(24)36(33)37-30-15-6-4-12-27(30)28-13-5-7-16-31(28)38(37)42;1-2-8-6-4-3-5-7-8;1-2/h2-22H,1,23H2;3-7H,2H2,1H3;1-2H2/b41-39-;;. The second-order valence-corrected chi connectivity index (χ2v) is 13.9. The van der Waals surface area contributed by atoms with Gasteiger partial charge in [-0.3, -0.25) is 0 Å². The highest BCUT2D eigenvalue weighted by molar-refractivity contribution is 7.25. The highest BCUT2D eigenvalue weighted by Crippen LogP contribution is 2.43. The molecule has 0 unspecified atom stereocenters. The number of rotatable bonds is 4. The maximum Gasteiger partial charge on any atom is 0.155 e. The zero-order valence-corrected chi connectivity index (χ0v) is 30.6. The summed E-state index contributed by atoms with van der Waals surface area (Å²) < 4.78 is 4.92. The lowest BCUT2D eigenvalue weighted by molar-refractivity contribution is 0.794. The van der Waals surface area contributed by atoms with Gasteiger partial charge in [0.15, 0.2) is 5.84 Å². The highest BCUT2D eigenvalue weighted by Gasteiger charge is 2.19. The Labute approximate surface area is 313 Å². The summed E-state index contributed by atoms with van der Waals surface area (Å²) >= 11 is 1.82. The molecule has 0 aliphatic heterocycles. The van der Waals surface area contributed by atoms with Crippen LogP contribution in [0.2, 0.25) is 0 Å². The Morgan fingerprint density at radius 3 is 1.89 bits per heavy atom. The molecule has 53 heavy (non-hydrogen) atoms. The van der Waals surface area contributed by atoms with Crippen LogP contribution < -0.4 is 0 Å². The predicted molar refractivity (Wildman–Crippen MR) is 234 cm³/mol. The molecule has 0 amide bonds. The van der Waals surface area contributed by atoms with E-state index in [1.165, 1.54) is 79.9 Å². The van der Waals surface area contributed by atoms with Gasteiger partial charge in [0.2, 0.25) is 0 Å². The third-order valence-corrected chi connectivity index (χ3v) is 11.2. The zero-order valence-electron chi connectivity index (χ0n) is 29.8. The molecule has 2 heterocycles. The van der Waals surface area contributed by atoms with Crippen molar-refractivity contribution in [2.24, 2.45) is 9.98 Å². The molecule has 3 nitrogen and oxygen atoms in total. The number of thiophene rings is 1. The van der Waals surface area contributed by atoms with Gasteiger partial charge in [0, 0.05) is 41.9 Å². The third kappa shape index (κ3) is 5.97. The van der Waals surface area contributed by atoms with E-state index in [2.05, 4.69) is 188 Å². The topological polar surface area (TPSA) is 29.6 Å². The molecule has 10 aromatic rings. The van der Waals surface area contributed by atoms with Crippen molar-refractivity contribution in [2.45, 2.75) is 20.0 Å². The van der Waals surface area contributed by atoms with Crippen molar-refractivity contribution in [1.82, 2.24) is 4.57 Å². The summed E-state index contributed by atoms with van der Waals surface area (Å²) in [5.41, 5.74) is 4.76. The second-order valence-electron chi connectivity index (χ2n) is 12.9. The van der Waals surface area contributed by atoms with E-state index in [4.69, 9.17) is 4.99 Å². The fourth-order valence-electron chi connectivity index (χ4n) is 7.62. The van der Waals surface area contributed by atoms with Crippen molar-refractivity contribution in [3.8, 4) is 0 Å². The molecule has 8 aromatic carbocycles. The number of aryl methyl sites for hydroxylation is 1. The number of hydrogen-bond donors (Lipinski definition) is 0. The smallest absolute Gasteiger partial charge is 0.155 e. The molecule has 0 aliphatic carbocycles. The maximum atomic E-state index is 5.15. The van der Waals surface area contributed by atoms with Gasteiger partial charge in [-0.1, -0.05) is 134 Å². The molecule has 256 valence electrons. The third-order valence-electron chi connectivity index (χ3n) is 10.0. The first-order chi connectivity index (χ1) is 26.2. The van der Waals surface area contributed by atoms with Gasteiger partial charge in [0.25, 0.3) is 0 Å². The van der Waals surface area contributed by atoms with Crippen molar-refractivity contribution in [2.75, 3.05) is 0 Å². The second kappa shape index (κ2) is 14.7. The van der Waals surface area contributed by atoms with Crippen molar-refractivity contribution in [3.05, 3.63) is 182 Å². The van der Waals surface area contributed by atoms with E-state index < -0.39 is 0 Å². The lowest BCUT2D eigenvalue weighted by atomic mass is 9.95. The fourth-order valence-corrected chi connectivity index (χ4v) is 8.71. The normalized spacial score (nSPS) is 11.6. The minimum Gasteiger partial charge on any atom is -0.320 e. The van der Waals surface area contributed by atoms with Crippen LogP contribution in [0, 0.1) is 0 Å². The number of amidine groups is 1. The Kier molecular flexibility index (Phi) is 9.37. The summed E-state index contributed by atoms with van der Waals surface area (Å²) in [6, 6.07) is 56.2.